The highest BCUT2D eigenvalue weighted by atomic mass is 19.4. The third-order valence-electron chi connectivity index (χ3n) is 5.37. The first-order chi connectivity index (χ1) is 18.1. The fraction of sp³-hybridized carbons (Fsp3) is 0.850. The Morgan fingerprint density at radius 1 is 0.585 bits per heavy atom. The highest BCUT2D eigenvalue weighted by Gasteiger charge is 2.94. The van der Waals surface area contributed by atoms with Gasteiger partial charge in [0.1, 0.15) is 6.54 Å². The number of unbranched alkanes of at least 4 members (excludes halogenated alkanes) is 3. The Morgan fingerprint density at radius 2 is 1.02 bits per heavy atom. The molecule has 0 atom stereocenters. The van der Waals surface area contributed by atoms with Gasteiger partial charge in [-0.05, 0) is 6.42 Å². The van der Waals surface area contributed by atoms with Crippen LogP contribution in [0.5, 0.6) is 0 Å². The van der Waals surface area contributed by atoms with E-state index < -0.39 is 77.5 Å². The maximum Gasteiger partial charge on any atom is 0.460 e. The van der Waals surface area contributed by atoms with E-state index in [0.717, 1.165) is 19.9 Å². The van der Waals surface area contributed by atoms with Crippen molar-refractivity contribution in [2.24, 2.45) is 0 Å². The summed E-state index contributed by atoms with van der Waals surface area (Å²) in [7, 11) is 0.802. The van der Waals surface area contributed by atoms with Crippen LogP contribution >= 0.6 is 0 Å². The van der Waals surface area contributed by atoms with E-state index in [2.05, 4.69) is 0 Å². The summed E-state index contributed by atoms with van der Waals surface area (Å²) in [6.07, 6.45) is -5.04. The van der Waals surface area contributed by atoms with Crippen molar-refractivity contribution in [3.05, 3.63) is 0 Å². The molecule has 0 saturated carbocycles. The topological polar surface area (TPSA) is 66.9 Å². The van der Waals surface area contributed by atoms with E-state index in [9.17, 15) is 80.2 Å². The minimum Gasteiger partial charge on any atom is -0.464 e. The Bertz CT molecular complexity index is 938. The Morgan fingerprint density at radius 3 is 1.46 bits per heavy atom. The van der Waals surface area contributed by atoms with Gasteiger partial charge in [-0.2, -0.15) is 65.9 Å². The highest BCUT2D eigenvalue weighted by Crippen LogP contribution is 2.62. The van der Waals surface area contributed by atoms with Crippen LogP contribution in [0.15, 0.2) is 0 Å². The molecule has 0 spiro atoms. The summed E-state index contributed by atoms with van der Waals surface area (Å²) in [5, 5.41) is 0. The number of amides is 2. The first kappa shape index (κ1) is 38.4. The molecule has 0 fully saturated rings. The lowest BCUT2D eigenvalue weighted by Crippen LogP contribution is -2.74. The highest BCUT2D eigenvalue weighted by molar-refractivity contribution is 5.90. The second-order valence-corrected chi connectivity index (χ2v) is 8.64. The van der Waals surface area contributed by atoms with Crippen LogP contribution in [0.1, 0.15) is 32.6 Å². The van der Waals surface area contributed by atoms with Crippen LogP contribution in [0.2, 0.25) is 0 Å². The lowest BCUT2D eigenvalue weighted by atomic mass is 9.90. The van der Waals surface area contributed by atoms with E-state index in [1.54, 1.807) is 0 Å². The molecule has 0 unspecified atom stereocenters. The van der Waals surface area contributed by atoms with Crippen LogP contribution in [0.4, 0.5) is 65.9 Å². The minimum atomic E-state index is -8.54. The molecule has 0 aliphatic carbocycles. The third-order valence-corrected chi connectivity index (χ3v) is 5.37. The van der Waals surface area contributed by atoms with Gasteiger partial charge in [-0.1, -0.05) is 26.2 Å². The van der Waals surface area contributed by atoms with Gasteiger partial charge in [-0.3, -0.25) is 14.4 Å². The largest absolute Gasteiger partial charge is 0.464 e. The van der Waals surface area contributed by atoms with Crippen LogP contribution < -0.4 is 0 Å². The zero-order chi connectivity index (χ0) is 33.0. The number of rotatable bonds is 15. The second kappa shape index (κ2) is 12.7. The van der Waals surface area contributed by atoms with E-state index in [-0.39, 0.29) is 13.7 Å². The average molecular weight is 640 g/mol. The van der Waals surface area contributed by atoms with Gasteiger partial charge in [0.15, 0.2) is 0 Å². The van der Waals surface area contributed by atoms with Gasteiger partial charge < -0.3 is 14.5 Å². The first-order valence-corrected chi connectivity index (χ1v) is 11.1. The van der Waals surface area contributed by atoms with E-state index in [4.69, 9.17) is 4.74 Å². The second-order valence-electron chi connectivity index (χ2n) is 8.64. The summed E-state index contributed by atoms with van der Waals surface area (Å²) >= 11 is 0. The quantitative estimate of drug-likeness (QED) is 0.137. The molecule has 0 rings (SSSR count). The number of halogens is 15. The van der Waals surface area contributed by atoms with Gasteiger partial charge in [0, 0.05) is 14.1 Å². The van der Waals surface area contributed by atoms with Crippen molar-refractivity contribution < 1.29 is 85.0 Å². The van der Waals surface area contributed by atoms with E-state index in [1.807, 2.05) is 6.92 Å². The van der Waals surface area contributed by atoms with Crippen molar-refractivity contribution in [2.45, 2.75) is 74.3 Å². The maximum absolute atomic E-state index is 14.1. The fourth-order valence-corrected chi connectivity index (χ4v) is 2.78. The normalized spacial score (nSPS) is 14.1. The molecule has 0 aliphatic rings. The molecule has 0 N–H and O–H groups in total. The van der Waals surface area contributed by atoms with Gasteiger partial charge in [-0.25, -0.2) is 0 Å². The standard InChI is InChI=1S/C20H23F15N2O4/c1-4-5-6-7-8-41-12(39)10-36(2)11(38)9-37(3)13(40)14(21,22)15(23,24)16(25,26)17(27,28)18(29,30)19(31,32)20(33,34)35/h4-10H2,1-3H3. The Kier molecular flexibility index (Phi) is 11.9. The smallest absolute Gasteiger partial charge is 0.460 e. The van der Waals surface area contributed by atoms with Gasteiger partial charge in [0.25, 0.3) is 5.91 Å². The van der Waals surface area contributed by atoms with Gasteiger partial charge in [-0.15, -0.1) is 0 Å². The van der Waals surface area contributed by atoms with E-state index in [1.165, 1.54) is 0 Å². The molecular formula is C20H23F15N2O4. The van der Waals surface area contributed by atoms with Crippen molar-refractivity contribution >= 4 is 17.8 Å². The molecule has 2 amide bonds. The molecule has 0 aromatic rings. The number of nitrogens with zero attached hydrogens (tertiary/aromatic N) is 2. The summed E-state index contributed by atoms with van der Waals surface area (Å²) in [6.45, 7) is -0.902. The monoisotopic (exact) mass is 640 g/mol. The maximum atomic E-state index is 14.1. The van der Waals surface area contributed by atoms with Crippen molar-refractivity contribution in [1.82, 2.24) is 9.80 Å². The summed E-state index contributed by atoms with van der Waals surface area (Å²) in [4.78, 5) is 35.0. The molecule has 41 heavy (non-hydrogen) atoms. The van der Waals surface area contributed by atoms with Gasteiger partial charge >= 0.3 is 47.7 Å². The Balaban J connectivity index is 5.84. The number of ether oxygens (including phenoxy) is 1. The lowest BCUT2D eigenvalue weighted by Gasteiger charge is -2.41. The molecular weight excluding hydrogens is 617 g/mol. The molecule has 242 valence electrons. The molecule has 0 saturated heterocycles. The number of carbonyl (C=O) groups excluding carboxylic acids is 3. The van der Waals surface area contributed by atoms with Crippen LogP contribution in [-0.4, -0.2) is 103 Å². The van der Waals surface area contributed by atoms with Gasteiger partial charge in [0.05, 0.1) is 13.2 Å². The fourth-order valence-electron chi connectivity index (χ4n) is 2.78. The zero-order valence-corrected chi connectivity index (χ0v) is 21.1. The molecule has 0 heterocycles. The number of hydrogen-bond donors (Lipinski definition) is 0. The third kappa shape index (κ3) is 7.23. The number of esters is 1. The van der Waals surface area contributed by atoms with Crippen molar-refractivity contribution in [3.8, 4) is 0 Å². The number of likely N-dealkylation sites (N-methyl/N-ethyl adjacent to an activating group) is 2. The minimum absolute atomic E-state index is 0.0206. The average Bonchev–Trinajstić information content (AvgIpc) is 2.81. The Labute approximate surface area is 221 Å². The van der Waals surface area contributed by atoms with Crippen LogP contribution in [-0.2, 0) is 19.1 Å². The number of carbonyl (C=O) groups is 3. The molecule has 6 nitrogen and oxygen atoms in total. The van der Waals surface area contributed by atoms with Gasteiger partial charge in [0.2, 0.25) is 5.91 Å². The van der Waals surface area contributed by atoms with E-state index >= 15 is 0 Å². The lowest BCUT2D eigenvalue weighted by molar-refractivity contribution is -0.449. The van der Waals surface area contributed by atoms with Crippen LogP contribution in [0, 0.1) is 0 Å². The molecule has 0 aromatic heterocycles. The molecule has 0 aliphatic heterocycles. The molecule has 0 aromatic carbocycles. The summed E-state index contributed by atoms with van der Waals surface area (Å²) < 4.78 is 204. The van der Waals surface area contributed by atoms with Crippen LogP contribution in [0.3, 0.4) is 0 Å². The summed E-state index contributed by atoms with van der Waals surface area (Å²) in [6, 6.07) is 0. The summed E-state index contributed by atoms with van der Waals surface area (Å²) in [5.41, 5.74) is 0. The molecule has 0 bridgehead atoms. The predicted octanol–water partition coefficient (Wildman–Crippen LogP) is 5.40. The Hall–Kier alpha value is -2.64. The summed E-state index contributed by atoms with van der Waals surface area (Å²) in [5.74, 6) is -55.1. The first-order valence-electron chi connectivity index (χ1n) is 11.1. The van der Waals surface area contributed by atoms with Crippen molar-refractivity contribution in [2.75, 3.05) is 33.8 Å². The van der Waals surface area contributed by atoms with Crippen molar-refractivity contribution in [1.29, 1.82) is 0 Å². The van der Waals surface area contributed by atoms with E-state index in [0.29, 0.717) is 17.7 Å². The number of alkyl halides is 15. The predicted molar refractivity (Wildman–Crippen MR) is 106 cm³/mol. The number of hydrogen-bond acceptors (Lipinski definition) is 4. The van der Waals surface area contributed by atoms with Crippen LogP contribution in [0.25, 0.3) is 0 Å². The SMILES string of the molecule is CCCCCCOC(=O)CN(C)C(=O)CN(C)C(=O)C(F)(F)C(F)(F)C(F)(F)C(F)(F)C(F)(F)C(F)(F)C(F)(F)F. The zero-order valence-electron chi connectivity index (χ0n) is 21.1. The van der Waals surface area contributed by atoms with Crippen molar-refractivity contribution in [3.63, 3.8) is 0 Å². The molecule has 21 heteroatoms. The molecule has 0 radical (unpaired) electrons.